The predicted octanol–water partition coefficient (Wildman–Crippen LogP) is 1.27. The second kappa shape index (κ2) is 5.93. The summed E-state index contributed by atoms with van der Waals surface area (Å²) >= 11 is 0. The van der Waals surface area contributed by atoms with Gasteiger partial charge in [-0.15, -0.1) is 0 Å². The smallest absolute Gasteiger partial charge is 0.407 e. The lowest BCUT2D eigenvalue weighted by Crippen LogP contribution is -2.37. The molecule has 94 valence electrons. The van der Waals surface area contributed by atoms with E-state index in [2.05, 4.69) is 10.1 Å². The molecular weight excluding hydrogens is 225 g/mol. The Labute approximate surface area is 91.5 Å². The molecule has 4 nitrogen and oxygen atoms in total. The summed E-state index contributed by atoms with van der Waals surface area (Å²) in [5.74, 6) is 0.199. The fraction of sp³-hybridized carbons (Fsp3) is 0.889. The number of alkyl carbamates (subject to hydrolysis) is 1. The standard InChI is InChI=1S/C9H15F3N2O2/c10-9(11,12)6-14-8(15)16-5-7-2-1-3-13-4-7/h7,13H,1-6H2,(H,14,15). The molecule has 1 aliphatic heterocycles. The van der Waals surface area contributed by atoms with Crippen LogP contribution in [0, 0.1) is 5.92 Å². The largest absolute Gasteiger partial charge is 0.449 e. The van der Waals surface area contributed by atoms with Gasteiger partial charge < -0.3 is 15.4 Å². The van der Waals surface area contributed by atoms with Crippen LogP contribution in [0.3, 0.4) is 0 Å². The molecule has 16 heavy (non-hydrogen) atoms. The van der Waals surface area contributed by atoms with Gasteiger partial charge in [0, 0.05) is 12.5 Å². The summed E-state index contributed by atoms with van der Waals surface area (Å²) in [6.07, 6.45) is -3.48. The highest BCUT2D eigenvalue weighted by Crippen LogP contribution is 2.13. The number of halogens is 3. The molecule has 1 aliphatic rings. The maximum atomic E-state index is 11.7. The number of carbonyl (C=O) groups is 1. The van der Waals surface area contributed by atoms with E-state index in [1.807, 2.05) is 0 Å². The Balaban J connectivity index is 2.09. The zero-order valence-electron chi connectivity index (χ0n) is 8.77. The Morgan fingerprint density at radius 2 is 2.25 bits per heavy atom. The van der Waals surface area contributed by atoms with Gasteiger partial charge in [-0.2, -0.15) is 13.2 Å². The molecule has 0 aromatic rings. The van der Waals surface area contributed by atoms with E-state index in [0.29, 0.717) is 0 Å². The van der Waals surface area contributed by atoms with Gasteiger partial charge in [-0.3, -0.25) is 0 Å². The summed E-state index contributed by atoms with van der Waals surface area (Å²) in [4.78, 5) is 10.9. The van der Waals surface area contributed by atoms with E-state index in [4.69, 9.17) is 0 Å². The van der Waals surface area contributed by atoms with Crippen LogP contribution in [0.5, 0.6) is 0 Å². The zero-order chi connectivity index (χ0) is 12.0. The number of piperidine rings is 1. The lowest BCUT2D eigenvalue weighted by atomic mass is 10.0. The van der Waals surface area contributed by atoms with Crippen LogP contribution in [0.15, 0.2) is 0 Å². The molecule has 7 heteroatoms. The number of rotatable bonds is 3. The second-order valence-electron chi connectivity index (χ2n) is 3.78. The van der Waals surface area contributed by atoms with E-state index in [-0.39, 0.29) is 12.5 Å². The molecule has 0 bridgehead atoms. The topological polar surface area (TPSA) is 50.4 Å². The number of alkyl halides is 3. The number of nitrogens with one attached hydrogen (secondary N) is 2. The van der Waals surface area contributed by atoms with Crippen molar-refractivity contribution in [3.05, 3.63) is 0 Å². The molecule has 0 spiro atoms. The molecule has 1 fully saturated rings. The first-order valence-electron chi connectivity index (χ1n) is 5.15. The third kappa shape index (κ3) is 5.79. The van der Waals surface area contributed by atoms with Crippen molar-refractivity contribution >= 4 is 6.09 Å². The van der Waals surface area contributed by atoms with Crippen LogP contribution in [0.1, 0.15) is 12.8 Å². The minimum atomic E-state index is -4.40. The lowest BCUT2D eigenvalue weighted by molar-refractivity contribution is -0.123. The third-order valence-electron chi connectivity index (χ3n) is 2.28. The number of hydrogen-bond donors (Lipinski definition) is 2. The zero-order valence-corrected chi connectivity index (χ0v) is 8.77. The van der Waals surface area contributed by atoms with Crippen LogP contribution in [-0.2, 0) is 4.74 Å². The number of hydrogen-bond acceptors (Lipinski definition) is 3. The van der Waals surface area contributed by atoms with Crippen LogP contribution < -0.4 is 10.6 Å². The highest BCUT2D eigenvalue weighted by molar-refractivity contribution is 5.67. The molecule has 1 unspecified atom stereocenters. The van der Waals surface area contributed by atoms with Gasteiger partial charge in [0.15, 0.2) is 0 Å². The monoisotopic (exact) mass is 240 g/mol. The summed E-state index contributed by atoms with van der Waals surface area (Å²) in [7, 11) is 0. The number of carbonyl (C=O) groups excluding carboxylic acids is 1. The summed E-state index contributed by atoms with van der Waals surface area (Å²) in [5.41, 5.74) is 0. The third-order valence-corrected chi connectivity index (χ3v) is 2.28. The van der Waals surface area contributed by atoms with Gasteiger partial charge >= 0.3 is 12.3 Å². The van der Waals surface area contributed by atoms with Crippen molar-refractivity contribution in [3.8, 4) is 0 Å². The maximum absolute atomic E-state index is 11.7. The maximum Gasteiger partial charge on any atom is 0.407 e. The first-order valence-corrected chi connectivity index (χ1v) is 5.15. The SMILES string of the molecule is O=C(NCC(F)(F)F)OCC1CCCNC1. The van der Waals surface area contributed by atoms with Crippen molar-refractivity contribution in [2.75, 3.05) is 26.2 Å². The molecule has 0 aliphatic carbocycles. The van der Waals surface area contributed by atoms with Crippen molar-refractivity contribution < 1.29 is 22.7 Å². The molecule has 1 saturated heterocycles. The normalized spacial score (nSPS) is 21.6. The minimum absolute atomic E-state index is 0.163. The van der Waals surface area contributed by atoms with Crippen LogP contribution in [-0.4, -0.2) is 38.5 Å². The van der Waals surface area contributed by atoms with E-state index >= 15 is 0 Å². The number of ether oxygens (including phenoxy) is 1. The molecule has 0 saturated carbocycles. The molecule has 1 rings (SSSR count). The van der Waals surface area contributed by atoms with E-state index in [9.17, 15) is 18.0 Å². The van der Waals surface area contributed by atoms with Crippen molar-refractivity contribution in [2.45, 2.75) is 19.0 Å². The van der Waals surface area contributed by atoms with Crippen molar-refractivity contribution in [1.29, 1.82) is 0 Å². The molecular formula is C9H15F3N2O2. The highest BCUT2D eigenvalue weighted by Gasteiger charge is 2.28. The molecule has 2 N–H and O–H groups in total. The fourth-order valence-electron chi connectivity index (χ4n) is 1.48. The Kier molecular flexibility index (Phi) is 4.85. The molecule has 0 radical (unpaired) electrons. The van der Waals surface area contributed by atoms with Crippen molar-refractivity contribution in [1.82, 2.24) is 10.6 Å². The summed E-state index contributed by atoms with van der Waals surface area (Å²) in [5, 5.41) is 4.78. The molecule has 1 atom stereocenters. The molecule has 1 amide bonds. The molecule has 1 heterocycles. The van der Waals surface area contributed by atoms with Gasteiger partial charge in [0.25, 0.3) is 0 Å². The van der Waals surface area contributed by atoms with Gasteiger partial charge in [0.05, 0.1) is 6.61 Å². The average molecular weight is 240 g/mol. The van der Waals surface area contributed by atoms with Crippen LogP contribution in [0.2, 0.25) is 0 Å². The van der Waals surface area contributed by atoms with Gasteiger partial charge in [0.2, 0.25) is 0 Å². The van der Waals surface area contributed by atoms with Gasteiger partial charge in [-0.05, 0) is 19.4 Å². The van der Waals surface area contributed by atoms with E-state index in [0.717, 1.165) is 25.9 Å². The highest BCUT2D eigenvalue weighted by atomic mass is 19.4. The Bertz CT molecular complexity index is 227. The van der Waals surface area contributed by atoms with Crippen molar-refractivity contribution in [2.24, 2.45) is 5.92 Å². The number of amides is 1. The first kappa shape index (κ1) is 13.1. The van der Waals surface area contributed by atoms with Crippen LogP contribution >= 0.6 is 0 Å². The second-order valence-corrected chi connectivity index (χ2v) is 3.78. The van der Waals surface area contributed by atoms with Gasteiger partial charge in [-0.25, -0.2) is 4.79 Å². The Morgan fingerprint density at radius 1 is 1.50 bits per heavy atom. The minimum Gasteiger partial charge on any atom is -0.449 e. The van der Waals surface area contributed by atoms with Gasteiger partial charge in [-0.1, -0.05) is 0 Å². The summed E-state index contributed by atoms with van der Waals surface area (Å²) in [6, 6.07) is 0. The van der Waals surface area contributed by atoms with Crippen LogP contribution in [0.25, 0.3) is 0 Å². The first-order chi connectivity index (χ1) is 7.47. The molecule has 0 aromatic carbocycles. The van der Waals surface area contributed by atoms with Crippen molar-refractivity contribution in [3.63, 3.8) is 0 Å². The van der Waals surface area contributed by atoms with Crippen LogP contribution in [0.4, 0.5) is 18.0 Å². The van der Waals surface area contributed by atoms with E-state index in [1.54, 1.807) is 5.32 Å². The predicted molar refractivity (Wildman–Crippen MR) is 51.0 cm³/mol. The molecule has 0 aromatic heterocycles. The Hall–Kier alpha value is -0.980. The summed E-state index contributed by atoms with van der Waals surface area (Å²) < 4.78 is 39.9. The average Bonchev–Trinajstić information content (AvgIpc) is 2.24. The Morgan fingerprint density at radius 3 is 2.81 bits per heavy atom. The fourth-order valence-corrected chi connectivity index (χ4v) is 1.48. The van der Waals surface area contributed by atoms with Gasteiger partial charge in [0.1, 0.15) is 6.54 Å². The van der Waals surface area contributed by atoms with E-state index < -0.39 is 18.8 Å². The van der Waals surface area contributed by atoms with E-state index in [1.165, 1.54) is 0 Å². The quantitative estimate of drug-likeness (QED) is 0.781. The lowest BCUT2D eigenvalue weighted by Gasteiger charge is -2.22. The summed E-state index contributed by atoms with van der Waals surface area (Å²) in [6.45, 7) is 0.495.